The average molecular weight is 285 g/mol. The average Bonchev–Trinajstić information content (AvgIpc) is 2.37. The van der Waals surface area contributed by atoms with E-state index in [-0.39, 0.29) is 12.1 Å². The first-order valence-electron chi connectivity index (χ1n) is 6.77. The van der Waals surface area contributed by atoms with Crippen LogP contribution in [0.2, 0.25) is 5.02 Å². The van der Waals surface area contributed by atoms with Gasteiger partial charge in [0.05, 0.1) is 6.61 Å². The van der Waals surface area contributed by atoms with Crippen molar-refractivity contribution in [2.24, 2.45) is 5.73 Å². The number of nitrogens with two attached hydrogens (primary N) is 1. The Morgan fingerprint density at radius 1 is 1.26 bits per heavy atom. The van der Waals surface area contributed by atoms with Gasteiger partial charge < -0.3 is 10.5 Å². The van der Waals surface area contributed by atoms with E-state index in [0.29, 0.717) is 12.6 Å². The van der Waals surface area contributed by atoms with E-state index in [1.54, 1.807) is 7.11 Å². The second-order valence-electron chi connectivity index (χ2n) is 4.99. The number of likely N-dealkylation sites (N-methyl/N-ethyl adjacent to an activating group) is 1. The largest absolute Gasteiger partial charge is 0.383 e. The number of benzene rings is 1. The zero-order chi connectivity index (χ0) is 14.4. The minimum absolute atomic E-state index is 0.0421. The number of methoxy groups -OCH3 is 1. The Morgan fingerprint density at radius 3 is 2.26 bits per heavy atom. The minimum Gasteiger partial charge on any atom is -0.383 e. The molecule has 3 unspecified atom stereocenters. The first kappa shape index (κ1) is 16.4. The van der Waals surface area contributed by atoms with Crippen molar-refractivity contribution in [3.05, 3.63) is 34.9 Å². The molecule has 4 heteroatoms. The molecule has 3 nitrogen and oxygen atoms in total. The highest BCUT2D eigenvalue weighted by Gasteiger charge is 2.26. The van der Waals surface area contributed by atoms with Crippen molar-refractivity contribution in [2.45, 2.75) is 38.9 Å². The van der Waals surface area contributed by atoms with Gasteiger partial charge in [0.1, 0.15) is 0 Å². The van der Waals surface area contributed by atoms with Crippen LogP contribution in [0.3, 0.4) is 0 Å². The van der Waals surface area contributed by atoms with E-state index in [0.717, 1.165) is 11.6 Å². The molecular formula is C15H25ClN2O. The fourth-order valence-electron chi connectivity index (χ4n) is 2.58. The normalized spacial score (nSPS) is 16.4. The predicted molar refractivity (Wildman–Crippen MR) is 81.6 cm³/mol. The van der Waals surface area contributed by atoms with Crippen LogP contribution in [-0.2, 0) is 4.74 Å². The van der Waals surface area contributed by atoms with Crippen molar-refractivity contribution in [3.8, 4) is 0 Å². The highest BCUT2D eigenvalue weighted by atomic mass is 35.5. The van der Waals surface area contributed by atoms with Crippen molar-refractivity contribution in [3.63, 3.8) is 0 Å². The molecule has 108 valence electrons. The Bertz CT molecular complexity index is 367. The SMILES string of the molecule is CCN(C(C)COC)C(c1ccc(Cl)cc1)C(C)N. The van der Waals surface area contributed by atoms with Crippen LogP contribution in [0.5, 0.6) is 0 Å². The molecule has 1 rings (SSSR count). The molecule has 0 aromatic heterocycles. The van der Waals surface area contributed by atoms with Gasteiger partial charge in [-0.1, -0.05) is 30.7 Å². The van der Waals surface area contributed by atoms with Crippen LogP contribution < -0.4 is 5.73 Å². The summed E-state index contributed by atoms with van der Waals surface area (Å²) in [7, 11) is 1.73. The zero-order valence-corrected chi connectivity index (χ0v) is 13.0. The molecule has 0 amide bonds. The molecule has 3 atom stereocenters. The minimum atomic E-state index is 0.0421. The summed E-state index contributed by atoms with van der Waals surface area (Å²) in [6.07, 6.45) is 0. The molecule has 0 saturated carbocycles. The number of hydrogen-bond acceptors (Lipinski definition) is 3. The van der Waals surface area contributed by atoms with E-state index >= 15 is 0 Å². The maximum Gasteiger partial charge on any atom is 0.0615 e. The van der Waals surface area contributed by atoms with Gasteiger partial charge in [-0.3, -0.25) is 4.90 Å². The topological polar surface area (TPSA) is 38.5 Å². The maximum atomic E-state index is 6.20. The summed E-state index contributed by atoms with van der Waals surface area (Å²) in [5.41, 5.74) is 7.40. The van der Waals surface area contributed by atoms with Crippen LogP contribution in [0, 0.1) is 0 Å². The Balaban J connectivity index is 3.00. The lowest BCUT2D eigenvalue weighted by Gasteiger charge is -2.38. The molecular weight excluding hydrogens is 260 g/mol. The third-order valence-electron chi connectivity index (χ3n) is 3.41. The summed E-state index contributed by atoms with van der Waals surface area (Å²) in [5, 5.41) is 0.750. The number of rotatable bonds is 7. The molecule has 0 saturated heterocycles. The molecule has 1 aromatic carbocycles. The van der Waals surface area contributed by atoms with Gasteiger partial charge in [-0.05, 0) is 38.1 Å². The summed E-state index contributed by atoms with van der Waals surface area (Å²) in [6.45, 7) is 7.99. The van der Waals surface area contributed by atoms with Crippen LogP contribution in [0.4, 0.5) is 0 Å². The number of nitrogens with zero attached hydrogens (tertiary/aromatic N) is 1. The van der Waals surface area contributed by atoms with E-state index in [1.165, 1.54) is 5.56 Å². The Labute approximate surface area is 121 Å². The van der Waals surface area contributed by atoms with Crippen molar-refractivity contribution in [1.29, 1.82) is 0 Å². The highest BCUT2D eigenvalue weighted by Crippen LogP contribution is 2.26. The van der Waals surface area contributed by atoms with Gasteiger partial charge in [-0.25, -0.2) is 0 Å². The number of ether oxygens (including phenoxy) is 1. The molecule has 0 aliphatic carbocycles. The van der Waals surface area contributed by atoms with Crippen molar-refractivity contribution < 1.29 is 4.74 Å². The van der Waals surface area contributed by atoms with E-state index in [2.05, 4.69) is 30.9 Å². The van der Waals surface area contributed by atoms with E-state index < -0.39 is 0 Å². The molecule has 0 radical (unpaired) electrons. The third kappa shape index (κ3) is 4.46. The van der Waals surface area contributed by atoms with Gasteiger partial charge >= 0.3 is 0 Å². The summed E-state index contributed by atoms with van der Waals surface area (Å²) in [6, 6.07) is 8.48. The summed E-state index contributed by atoms with van der Waals surface area (Å²) in [5.74, 6) is 0. The predicted octanol–water partition coefficient (Wildman–Crippen LogP) is 3.09. The number of hydrogen-bond donors (Lipinski definition) is 1. The van der Waals surface area contributed by atoms with Crippen LogP contribution in [-0.4, -0.2) is 37.2 Å². The van der Waals surface area contributed by atoms with E-state index in [9.17, 15) is 0 Å². The fourth-order valence-corrected chi connectivity index (χ4v) is 2.70. The summed E-state index contributed by atoms with van der Waals surface area (Å²) in [4.78, 5) is 2.37. The lowest BCUT2D eigenvalue weighted by Crippen LogP contribution is -2.45. The Morgan fingerprint density at radius 2 is 1.84 bits per heavy atom. The molecule has 0 fully saturated rings. The van der Waals surface area contributed by atoms with Crippen LogP contribution in [0.15, 0.2) is 24.3 Å². The zero-order valence-electron chi connectivity index (χ0n) is 12.3. The van der Waals surface area contributed by atoms with Crippen LogP contribution in [0.25, 0.3) is 0 Å². The first-order valence-corrected chi connectivity index (χ1v) is 7.14. The van der Waals surface area contributed by atoms with Gasteiger partial charge in [0, 0.05) is 30.3 Å². The van der Waals surface area contributed by atoms with Gasteiger partial charge in [0.2, 0.25) is 0 Å². The monoisotopic (exact) mass is 284 g/mol. The van der Waals surface area contributed by atoms with Gasteiger partial charge in [-0.15, -0.1) is 0 Å². The Hall–Kier alpha value is -0.610. The second kappa shape index (κ2) is 7.85. The molecule has 1 aromatic rings. The summed E-state index contributed by atoms with van der Waals surface area (Å²) < 4.78 is 5.27. The Kier molecular flexibility index (Phi) is 6.80. The third-order valence-corrected chi connectivity index (χ3v) is 3.66. The van der Waals surface area contributed by atoms with Crippen molar-refractivity contribution in [1.82, 2.24) is 4.90 Å². The molecule has 2 N–H and O–H groups in total. The number of halogens is 1. The lowest BCUT2D eigenvalue weighted by atomic mass is 9.98. The fraction of sp³-hybridized carbons (Fsp3) is 0.600. The summed E-state index contributed by atoms with van der Waals surface area (Å²) >= 11 is 5.96. The van der Waals surface area contributed by atoms with E-state index in [4.69, 9.17) is 22.1 Å². The molecule has 0 heterocycles. The van der Waals surface area contributed by atoms with E-state index in [1.807, 2.05) is 19.1 Å². The standard InChI is InChI=1S/C15H25ClN2O/c1-5-18(11(2)10-19-4)15(12(3)17)13-6-8-14(16)9-7-13/h6-9,11-12,15H,5,10,17H2,1-4H3. The molecule has 0 spiro atoms. The highest BCUT2D eigenvalue weighted by molar-refractivity contribution is 6.30. The second-order valence-corrected chi connectivity index (χ2v) is 5.43. The first-order chi connectivity index (χ1) is 9.01. The smallest absolute Gasteiger partial charge is 0.0615 e. The maximum absolute atomic E-state index is 6.20. The lowest BCUT2D eigenvalue weighted by molar-refractivity contribution is 0.0654. The molecule has 0 bridgehead atoms. The quantitative estimate of drug-likeness (QED) is 0.836. The van der Waals surface area contributed by atoms with Gasteiger partial charge in [-0.2, -0.15) is 0 Å². The van der Waals surface area contributed by atoms with Gasteiger partial charge in [0.25, 0.3) is 0 Å². The molecule has 0 aliphatic rings. The van der Waals surface area contributed by atoms with Crippen molar-refractivity contribution in [2.75, 3.05) is 20.3 Å². The molecule has 19 heavy (non-hydrogen) atoms. The van der Waals surface area contributed by atoms with Crippen molar-refractivity contribution >= 4 is 11.6 Å². The van der Waals surface area contributed by atoms with Crippen LogP contribution in [0.1, 0.15) is 32.4 Å². The van der Waals surface area contributed by atoms with Crippen LogP contribution >= 0.6 is 11.6 Å². The molecule has 0 aliphatic heterocycles. The van der Waals surface area contributed by atoms with Gasteiger partial charge in [0.15, 0.2) is 0 Å².